The lowest BCUT2D eigenvalue weighted by atomic mass is 10.1. The first-order valence-corrected chi connectivity index (χ1v) is 8.67. The van der Waals surface area contributed by atoms with Crippen LogP contribution in [-0.2, 0) is 26.0 Å². The number of thiophene rings is 1. The highest BCUT2D eigenvalue weighted by Crippen LogP contribution is 2.17. The summed E-state index contributed by atoms with van der Waals surface area (Å²) < 4.78 is 44.4. The number of sulfonamides is 1. The molecule has 2 aromatic rings. The van der Waals surface area contributed by atoms with E-state index in [1.165, 1.54) is 37.4 Å². The number of methoxy groups -OCH3 is 1. The molecule has 1 atom stereocenters. The Bertz CT molecular complexity index is 727. The number of rotatable bonds is 6. The molecule has 1 heterocycles. The molecule has 8 heteroatoms. The van der Waals surface area contributed by atoms with Gasteiger partial charge in [0.25, 0.3) is 10.0 Å². The van der Waals surface area contributed by atoms with Crippen molar-refractivity contribution >= 4 is 27.3 Å². The third-order valence-electron chi connectivity index (χ3n) is 2.90. The minimum atomic E-state index is -3.81. The van der Waals surface area contributed by atoms with Crippen LogP contribution in [0.2, 0.25) is 0 Å². The number of ether oxygens (including phenoxy) is 1. The Labute approximate surface area is 131 Å². The van der Waals surface area contributed by atoms with Crippen molar-refractivity contribution in [2.45, 2.75) is 16.7 Å². The average molecular weight is 343 g/mol. The number of benzene rings is 1. The summed E-state index contributed by atoms with van der Waals surface area (Å²) >= 11 is 1.05. The topological polar surface area (TPSA) is 72.5 Å². The van der Waals surface area contributed by atoms with E-state index < -0.39 is 27.9 Å². The van der Waals surface area contributed by atoms with Gasteiger partial charge in [0.2, 0.25) is 0 Å². The number of hydrogen-bond acceptors (Lipinski definition) is 5. The molecule has 118 valence electrons. The molecule has 0 fully saturated rings. The highest BCUT2D eigenvalue weighted by Gasteiger charge is 2.27. The third-order valence-corrected chi connectivity index (χ3v) is 5.77. The second kappa shape index (κ2) is 6.99. The zero-order chi connectivity index (χ0) is 16.2. The maximum atomic E-state index is 12.9. The van der Waals surface area contributed by atoms with Crippen molar-refractivity contribution < 1.29 is 22.3 Å². The fourth-order valence-electron chi connectivity index (χ4n) is 1.83. The summed E-state index contributed by atoms with van der Waals surface area (Å²) in [5, 5.41) is 1.63. The average Bonchev–Trinajstić information content (AvgIpc) is 3.03. The van der Waals surface area contributed by atoms with E-state index in [-0.39, 0.29) is 10.6 Å². The van der Waals surface area contributed by atoms with Crippen molar-refractivity contribution in [3.05, 3.63) is 53.2 Å². The quantitative estimate of drug-likeness (QED) is 0.814. The first-order valence-electron chi connectivity index (χ1n) is 6.30. The second-order valence-electron chi connectivity index (χ2n) is 4.46. The van der Waals surface area contributed by atoms with E-state index in [4.69, 9.17) is 0 Å². The van der Waals surface area contributed by atoms with E-state index in [0.717, 1.165) is 11.3 Å². The van der Waals surface area contributed by atoms with Gasteiger partial charge in [0.1, 0.15) is 16.1 Å². The van der Waals surface area contributed by atoms with Crippen molar-refractivity contribution in [2.24, 2.45) is 0 Å². The molecule has 1 aromatic carbocycles. The smallest absolute Gasteiger partial charge is 0.324 e. The van der Waals surface area contributed by atoms with Crippen LogP contribution < -0.4 is 4.72 Å². The van der Waals surface area contributed by atoms with E-state index >= 15 is 0 Å². The van der Waals surface area contributed by atoms with E-state index in [1.807, 2.05) is 0 Å². The maximum absolute atomic E-state index is 12.9. The Balaban J connectivity index is 2.20. The molecule has 0 amide bonds. The molecule has 1 aromatic heterocycles. The van der Waals surface area contributed by atoms with Crippen LogP contribution in [-0.4, -0.2) is 27.5 Å². The Morgan fingerprint density at radius 1 is 1.32 bits per heavy atom. The Morgan fingerprint density at radius 3 is 2.55 bits per heavy atom. The van der Waals surface area contributed by atoms with E-state index in [1.54, 1.807) is 11.4 Å². The molecular formula is C14H14FNO4S2. The highest BCUT2D eigenvalue weighted by atomic mass is 32.2. The number of halogens is 1. The van der Waals surface area contributed by atoms with E-state index in [2.05, 4.69) is 9.46 Å². The second-order valence-corrected chi connectivity index (χ2v) is 7.35. The molecule has 0 saturated heterocycles. The summed E-state index contributed by atoms with van der Waals surface area (Å²) in [6.45, 7) is 0. The van der Waals surface area contributed by atoms with Gasteiger partial charge >= 0.3 is 5.97 Å². The van der Waals surface area contributed by atoms with Gasteiger partial charge in [0.15, 0.2) is 0 Å². The molecule has 0 saturated carbocycles. The first-order chi connectivity index (χ1) is 10.4. The van der Waals surface area contributed by atoms with Crippen LogP contribution in [0.1, 0.15) is 5.56 Å². The van der Waals surface area contributed by atoms with Crippen LogP contribution in [0.3, 0.4) is 0 Å². The van der Waals surface area contributed by atoms with Crippen molar-refractivity contribution in [2.75, 3.05) is 7.11 Å². The summed E-state index contributed by atoms with van der Waals surface area (Å²) in [6.07, 6.45) is 0.0670. The van der Waals surface area contributed by atoms with Crippen LogP contribution in [0.4, 0.5) is 4.39 Å². The first kappa shape index (κ1) is 16.6. The van der Waals surface area contributed by atoms with Crippen molar-refractivity contribution in [3.63, 3.8) is 0 Å². The Kier molecular flexibility index (Phi) is 5.28. The largest absolute Gasteiger partial charge is 0.468 e. The fourth-order valence-corrected chi connectivity index (χ4v) is 4.03. The van der Waals surface area contributed by atoms with Gasteiger partial charge in [0, 0.05) is 0 Å². The van der Waals surface area contributed by atoms with Crippen molar-refractivity contribution in [1.29, 1.82) is 0 Å². The molecule has 5 nitrogen and oxygen atoms in total. The highest BCUT2D eigenvalue weighted by molar-refractivity contribution is 7.91. The third kappa shape index (κ3) is 4.12. The molecule has 0 radical (unpaired) electrons. The molecule has 2 rings (SSSR count). The zero-order valence-electron chi connectivity index (χ0n) is 11.7. The number of esters is 1. The maximum Gasteiger partial charge on any atom is 0.324 e. The predicted molar refractivity (Wildman–Crippen MR) is 80.5 cm³/mol. The standard InChI is InChI=1S/C14H14FNO4S2/c1-20-14(17)12(9-10-4-6-11(15)7-5-10)16-22(18,19)13-3-2-8-21-13/h2-8,12,16H,9H2,1H3. The fraction of sp³-hybridized carbons (Fsp3) is 0.214. The summed E-state index contributed by atoms with van der Waals surface area (Å²) in [4.78, 5) is 11.8. The van der Waals surface area contributed by atoms with E-state index in [0.29, 0.717) is 5.56 Å². The van der Waals surface area contributed by atoms with Gasteiger partial charge in [-0.3, -0.25) is 4.79 Å². The van der Waals surface area contributed by atoms with Crippen LogP contribution >= 0.6 is 11.3 Å². The van der Waals surface area contributed by atoms with Gasteiger partial charge in [0.05, 0.1) is 7.11 Å². The molecule has 22 heavy (non-hydrogen) atoms. The van der Waals surface area contributed by atoms with Gasteiger partial charge in [-0.15, -0.1) is 11.3 Å². The minimum Gasteiger partial charge on any atom is -0.468 e. The van der Waals surface area contributed by atoms with Crippen molar-refractivity contribution in [1.82, 2.24) is 4.72 Å². The Morgan fingerprint density at radius 2 is 2.00 bits per heavy atom. The summed E-state index contributed by atoms with van der Waals surface area (Å²) in [6, 6.07) is 7.44. The predicted octanol–water partition coefficient (Wildman–Crippen LogP) is 1.95. The summed E-state index contributed by atoms with van der Waals surface area (Å²) in [5.74, 6) is -1.11. The van der Waals surface area contributed by atoms with Gasteiger partial charge in [-0.05, 0) is 35.6 Å². The molecule has 0 aliphatic heterocycles. The lowest BCUT2D eigenvalue weighted by Gasteiger charge is -2.16. The van der Waals surface area contributed by atoms with Gasteiger partial charge in [-0.1, -0.05) is 18.2 Å². The molecule has 1 N–H and O–H groups in total. The molecule has 0 aliphatic rings. The molecule has 0 bridgehead atoms. The lowest BCUT2D eigenvalue weighted by molar-refractivity contribution is -0.142. The Hall–Kier alpha value is -1.77. The monoisotopic (exact) mass is 343 g/mol. The number of carbonyl (C=O) groups excluding carboxylic acids is 1. The lowest BCUT2D eigenvalue weighted by Crippen LogP contribution is -2.42. The number of carbonyl (C=O) groups is 1. The normalized spacial score (nSPS) is 12.8. The van der Waals surface area contributed by atoms with Crippen molar-refractivity contribution in [3.8, 4) is 0 Å². The van der Waals surface area contributed by atoms with Gasteiger partial charge in [-0.2, -0.15) is 4.72 Å². The molecule has 0 aliphatic carbocycles. The zero-order valence-corrected chi connectivity index (χ0v) is 13.3. The SMILES string of the molecule is COC(=O)C(Cc1ccc(F)cc1)NS(=O)(=O)c1cccs1. The number of hydrogen-bond donors (Lipinski definition) is 1. The summed E-state index contributed by atoms with van der Waals surface area (Å²) in [5.41, 5.74) is 0.616. The summed E-state index contributed by atoms with van der Waals surface area (Å²) in [7, 11) is -2.63. The molecule has 1 unspecified atom stereocenters. The van der Waals surface area contributed by atoms with Crippen LogP contribution in [0.15, 0.2) is 46.0 Å². The molecule has 0 spiro atoms. The van der Waals surface area contributed by atoms with Gasteiger partial charge in [-0.25, -0.2) is 12.8 Å². The van der Waals surface area contributed by atoms with Crippen LogP contribution in [0, 0.1) is 5.82 Å². The number of nitrogens with one attached hydrogen (secondary N) is 1. The van der Waals surface area contributed by atoms with Gasteiger partial charge < -0.3 is 4.74 Å². The van der Waals surface area contributed by atoms with Crippen LogP contribution in [0.5, 0.6) is 0 Å². The molecular weight excluding hydrogens is 329 g/mol. The van der Waals surface area contributed by atoms with Crippen LogP contribution in [0.25, 0.3) is 0 Å². The minimum absolute atomic E-state index is 0.0670. The van der Waals surface area contributed by atoms with E-state index in [9.17, 15) is 17.6 Å².